The smallest absolute Gasteiger partial charge is 0.158 e. The van der Waals surface area contributed by atoms with Crippen LogP contribution in [-0.2, 0) is 9.53 Å². The van der Waals surface area contributed by atoms with Gasteiger partial charge in [-0.05, 0) is 25.7 Å². The van der Waals surface area contributed by atoms with Crippen LogP contribution in [0.4, 0.5) is 0 Å². The number of hydrogen-bond acceptors (Lipinski definition) is 2. The highest BCUT2D eigenvalue weighted by molar-refractivity contribution is 5.79. The van der Waals surface area contributed by atoms with E-state index < -0.39 is 0 Å². The number of carbonyl (C=O) groups is 1. The molecule has 2 nitrogen and oxygen atoms in total. The fourth-order valence-electron chi connectivity index (χ4n) is 2.11. The van der Waals surface area contributed by atoms with Crippen LogP contribution < -0.4 is 0 Å². The molecule has 0 atom stereocenters. The molecule has 0 aromatic heterocycles. The fourth-order valence-corrected chi connectivity index (χ4v) is 2.11. The summed E-state index contributed by atoms with van der Waals surface area (Å²) in [7, 11) is 0. The third kappa shape index (κ3) is 9.11. The minimum Gasteiger partial charge on any atom is -0.373 e. The van der Waals surface area contributed by atoms with Gasteiger partial charge < -0.3 is 4.74 Å². The molecule has 17 heavy (non-hydrogen) atoms. The Bertz CT molecular complexity index is 221. The van der Waals surface area contributed by atoms with Crippen molar-refractivity contribution in [2.45, 2.75) is 64.2 Å². The second kappa shape index (κ2) is 10.5. The van der Waals surface area contributed by atoms with Crippen molar-refractivity contribution in [3.63, 3.8) is 0 Å². The third-order valence-electron chi connectivity index (χ3n) is 3.18. The van der Waals surface area contributed by atoms with Crippen LogP contribution in [0, 0.1) is 0 Å². The Morgan fingerprint density at radius 2 is 1.47 bits per heavy atom. The molecule has 1 rings (SSSR count). The number of hydrogen-bond donors (Lipinski definition) is 0. The van der Waals surface area contributed by atoms with Gasteiger partial charge in [-0.3, -0.25) is 4.79 Å². The molecule has 98 valence electrons. The van der Waals surface area contributed by atoms with Gasteiger partial charge in [0.1, 0.15) is 6.61 Å². The van der Waals surface area contributed by atoms with Crippen LogP contribution in [0.25, 0.3) is 0 Å². The summed E-state index contributed by atoms with van der Waals surface area (Å²) in [4.78, 5) is 11.4. The van der Waals surface area contributed by atoms with Gasteiger partial charge in [-0.1, -0.05) is 44.3 Å². The van der Waals surface area contributed by atoms with Crippen molar-refractivity contribution >= 4 is 5.78 Å². The normalized spacial score (nSPS) is 24.4. The molecule has 0 fully saturated rings. The Labute approximate surface area is 105 Å². The summed E-state index contributed by atoms with van der Waals surface area (Å²) in [5.74, 6) is 0.265. The van der Waals surface area contributed by atoms with E-state index in [9.17, 15) is 4.79 Å². The molecule has 0 radical (unpaired) electrons. The van der Waals surface area contributed by atoms with Crippen LogP contribution in [-0.4, -0.2) is 19.0 Å². The summed E-state index contributed by atoms with van der Waals surface area (Å²) in [5, 5.41) is 0. The Morgan fingerprint density at radius 3 is 2.29 bits per heavy atom. The summed E-state index contributed by atoms with van der Waals surface area (Å²) in [5.41, 5.74) is 0. The molecule has 0 bridgehead atoms. The van der Waals surface area contributed by atoms with Crippen LogP contribution >= 0.6 is 0 Å². The molecule has 0 N–H and O–H groups in total. The van der Waals surface area contributed by atoms with Crippen molar-refractivity contribution in [3.8, 4) is 0 Å². The zero-order chi connectivity index (χ0) is 12.2. The van der Waals surface area contributed by atoms with Crippen LogP contribution in [0.2, 0.25) is 0 Å². The van der Waals surface area contributed by atoms with Crippen molar-refractivity contribution in [2.24, 2.45) is 0 Å². The van der Waals surface area contributed by atoms with E-state index in [0.29, 0.717) is 19.6 Å². The van der Waals surface area contributed by atoms with Crippen LogP contribution in [0.1, 0.15) is 64.2 Å². The lowest BCUT2D eigenvalue weighted by Crippen LogP contribution is -2.08. The van der Waals surface area contributed by atoms with E-state index in [-0.39, 0.29) is 5.78 Å². The second-order valence-electron chi connectivity index (χ2n) is 4.86. The molecule has 1 aliphatic rings. The third-order valence-corrected chi connectivity index (χ3v) is 3.18. The largest absolute Gasteiger partial charge is 0.373 e. The first-order chi connectivity index (χ1) is 8.39. The molecule has 0 saturated heterocycles. The van der Waals surface area contributed by atoms with Gasteiger partial charge in [-0.15, -0.1) is 0 Å². The highest BCUT2D eigenvalue weighted by Gasteiger charge is 2.01. The molecule has 0 saturated carbocycles. The molecule has 0 aromatic carbocycles. The zero-order valence-corrected chi connectivity index (χ0v) is 11.0. The predicted octanol–water partition coefficient (Wildman–Crippen LogP) is 4.04. The van der Waals surface area contributed by atoms with Crippen LogP contribution in [0.15, 0.2) is 12.2 Å². The Hall–Kier alpha value is -0.630. The van der Waals surface area contributed by atoms with E-state index in [4.69, 9.17) is 4.74 Å². The van der Waals surface area contributed by atoms with Gasteiger partial charge in [-0.2, -0.15) is 0 Å². The molecule has 0 unspecified atom stereocenters. The van der Waals surface area contributed by atoms with Crippen molar-refractivity contribution in [3.05, 3.63) is 12.2 Å². The number of ether oxygens (including phenoxy) is 1. The average Bonchev–Trinajstić information content (AvgIpc) is 2.32. The van der Waals surface area contributed by atoms with Crippen LogP contribution in [0.3, 0.4) is 0 Å². The molecular formula is C15H26O2. The van der Waals surface area contributed by atoms with Gasteiger partial charge in [0.05, 0.1) is 6.61 Å². The first kappa shape index (κ1) is 14.4. The van der Waals surface area contributed by atoms with E-state index in [2.05, 4.69) is 12.2 Å². The Balaban J connectivity index is 2.18. The highest BCUT2D eigenvalue weighted by atomic mass is 16.5. The summed E-state index contributed by atoms with van der Waals surface area (Å²) >= 11 is 0. The van der Waals surface area contributed by atoms with Crippen molar-refractivity contribution in [2.75, 3.05) is 13.2 Å². The van der Waals surface area contributed by atoms with Gasteiger partial charge >= 0.3 is 0 Å². The number of rotatable bonds is 0. The number of ketones is 1. The minimum absolute atomic E-state index is 0.265. The fraction of sp³-hybridized carbons (Fsp3) is 0.800. The maximum absolute atomic E-state index is 11.4. The van der Waals surface area contributed by atoms with Gasteiger partial charge in [0.2, 0.25) is 0 Å². The maximum Gasteiger partial charge on any atom is 0.158 e. The van der Waals surface area contributed by atoms with Gasteiger partial charge in [0, 0.05) is 6.42 Å². The monoisotopic (exact) mass is 238 g/mol. The summed E-state index contributed by atoms with van der Waals surface area (Å²) in [6, 6.07) is 0. The molecule has 0 amide bonds. The first-order valence-electron chi connectivity index (χ1n) is 7.14. The van der Waals surface area contributed by atoms with Gasteiger partial charge in [0.15, 0.2) is 5.78 Å². The van der Waals surface area contributed by atoms with E-state index in [1.54, 1.807) is 0 Å². The number of Topliss-reactive ketones (excluding diaryl/α,β-unsaturated/α-hetero) is 1. The number of allylic oxidation sites excluding steroid dienone is 1. The first-order valence-corrected chi connectivity index (χ1v) is 7.14. The average molecular weight is 238 g/mol. The lowest BCUT2D eigenvalue weighted by atomic mass is 10.1. The number of carbonyl (C=O) groups excluding carboxylic acids is 1. The molecule has 1 heterocycles. The van der Waals surface area contributed by atoms with Gasteiger partial charge in [0.25, 0.3) is 0 Å². The molecule has 0 spiro atoms. The summed E-state index contributed by atoms with van der Waals surface area (Å²) in [6.07, 6.45) is 16.1. The SMILES string of the molecule is O=C1CCCCCCCCC/C=C\CCOC1. The maximum atomic E-state index is 11.4. The summed E-state index contributed by atoms with van der Waals surface area (Å²) < 4.78 is 5.35. The Morgan fingerprint density at radius 1 is 0.824 bits per heavy atom. The highest BCUT2D eigenvalue weighted by Crippen LogP contribution is 2.10. The summed E-state index contributed by atoms with van der Waals surface area (Å²) in [6.45, 7) is 0.996. The quantitative estimate of drug-likeness (QED) is 0.595. The van der Waals surface area contributed by atoms with Crippen molar-refractivity contribution < 1.29 is 9.53 Å². The standard InChI is InChI=1S/C15H26O2/c16-15-12-10-8-6-4-2-1-3-5-7-9-11-13-17-14-15/h7,9H,1-6,8,10-14H2/b9-7-. The Kier molecular flexibility index (Phi) is 8.93. The van der Waals surface area contributed by atoms with Crippen molar-refractivity contribution in [1.29, 1.82) is 0 Å². The topological polar surface area (TPSA) is 26.3 Å². The second-order valence-corrected chi connectivity index (χ2v) is 4.86. The van der Waals surface area contributed by atoms with E-state index >= 15 is 0 Å². The van der Waals surface area contributed by atoms with Crippen molar-refractivity contribution in [1.82, 2.24) is 0 Å². The minimum atomic E-state index is 0.265. The lowest BCUT2D eigenvalue weighted by Gasteiger charge is -2.04. The molecule has 1 aliphatic heterocycles. The lowest BCUT2D eigenvalue weighted by molar-refractivity contribution is -0.123. The van der Waals surface area contributed by atoms with E-state index in [1.807, 2.05) is 0 Å². The predicted molar refractivity (Wildman–Crippen MR) is 71.1 cm³/mol. The van der Waals surface area contributed by atoms with Crippen LogP contribution in [0.5, 0.6) is 0 Å². The molecule has 0 aromatic rings. The van der Waals surface area contributed by atoms with Gasteiger partial charge in [-0.25, -0.2) is 0 Å². The zero-order valence-electron chi connectivity index (χ0n) is 11.0. The van der Waals surface area contributed by atoms with E-state index in [1.165, 1.54) is 44.9 Å². The molecular weight excluding hydrogens is 212 g/mol. The molecule has 0 aliphatic carbocycles. The molecule has 2 heteroatoms. The van der Waals surface area contributed by atoms with E-state index in [0.717, 1.165) is 12.8 Å².